The van der Waals surface area contributed by atoms with Gasteiger partial charge in [0.05, 0.1) is 12.3 Å². The van der Waals surface area contributed by atoms with Crippen LogP contribution in [-0.2, 0) is 0 Å². The first-order valence-corrected chi connectivity index (χ1v) is 8.02. The third-order valence-electron chi connectivity index (χ3n) is 4.28. The minimum absolute atomic E-state index is 0.868. The second-order valence-electron chi connectivity index (χ2n) is 6.14. The van der Waals surface area contributed by atoms with E-state index in [0.29, 0.717) is 0 Å². The molecule has 1 heterocycles. The van der Waals surface area contributed by atoms with E-state index in [2.05, 4.69) is 35.3 Å². The lowest BCUT2D eigenvalue weighted by molar-refractivity contribution is 0.302. The molecule has 110 valence electrons. The van der Waals surface area contributed by atoms with Gasteiger partial charge in [0.25, 0.3) is 0 Å². The SMILES string of the molecule is Cc1ccc(OCCC2CC2)c(N2CCCNCC2)c1. The van der Waals surface area contributed by atoms with Crippen molar-refractivity contribution in [1.29, 1.82) is 0 Å². The van der Waals surface area contributed by atoms with E-state index >= 15 is 0 Å². The van der Waals surface area contributed by atoms with Gasteiger partial charge in [0.2, 0.25) is 0 Å². The first-order valence-electron chi connectivity index (χ1n) is 8.02. The molecule has 0 amide bonds. The molecule has 1 saturated heterocycles. The van der Waals surface area contributed by atoms with Gasteiger partial charge in [-0.05, 0) is 49.9 Å². The summed E-state index contributed by atoms with van der Waals surface area (Å²) in [5.41, 5.74) is 2.59. The van der Waals surface area contributed by atoms with Crippen molar-refractivity contribution in [2.45, 2.75) is 32.6 Å². The van der Waals surface area contributed by atoms with E-state index in [1.54, 1.807) is 0 Å². The molecule has 0 radical (unpaired) electrons. The van der Waals surface area contributed by atoms with E-state index in [-0.39, 0.29) is 0 Å². The Morgan fingerprint density at radius 3 is 3.00 bits per heavy atom. The topological polar surface area (TPSA) is 24.5 Å². The van der Waals surface area contributed by atoms with Gasteiger partial charge in [-0.2, -0.15) is 0 Å². The summed E-state index contributed by atoms with van der Waals surface area (Å²) in [4.78, 5) is 2.47. The molecule has 1 aromatic carbocycles. The second-order valence-corrected chi connectivity index (χ2v) is 6.14. The fourth-order valence-electron chi connectivity index (χ4n) is 2.83. The number of rotatable bonds is 5. The first-order chi connectivity index (χ1) is 9.83. The number of ether oxygens (including phenoxy) is 1. The van der Waals surface area contributed by atoms with Gasteiger partial charge in [0.15, 0.2) is 0 Å². The van der Waals surface area contributed by atoms with Gasteiger partial charge >= 0.3 is 0 Å². The number of aryl methyl sites for hydroxylation is 1. The molecule has 2 fully saturated rings. The molecule has 0 unspecified atom stereocenters. The normalized spacial score (nSPS) is 19.8. The smallest absolute Gasteiger partial charge is 0.142 e. The molecule has 1 N–H and O–H groups in total. The average Bonchev–Trinajstić information content (AvgIpc) is 3.26. The van der Waals surface area contributed by atoms with Crippen molar-refractivity contribution in [3.8, 4) is 5.75 Å². The van der Waals surface area contributed by atoms with Crippen LogP contribution in [0.3, 0.4) is 0 Å². The van der Waals surface area contributed by atoms with Crippen LogP contribution in [0.2, 0.25) is 0 Å². The van der Waals surface area contributed by atoms with Crippen molar-refractivity contribution in [3.63, 3.8) is 0 Å². The van der Waals surface area contributed by atoms with Crippen LogP contribution in [0.1, 0.15) is 31.2 Å². The van der Waals surface area contributed by atoms with E-state index in [9.17, 15) is 0 Å². The summed E-state index contributed by atoms with van der Waals surface area (Å²) >= 11 is 0. The van der Waals surface area contributed by atoms with Gasteiger partial charge in [0, 0.05) is 19.6 Å². The van der Waals surface area contributed by atoms with Crippen molar-refractivity contribution in [3.05, 3.63) is 23.8 Å². The molecule has 3 rings (SSSR count). The fraction of sp³-hybridized carbons (Fsp3) is 0.647. The largest absolute Gasteiger partial charge is 0.491 e. The molecule has 20 heavy (non-hydrogen) atoms. The van der Waals surface area contributed by atoms with Gasteiger partial charge < -0.3 is 15.0 Å². The zero-order valence-electron chi connectivity index (χ0n) is 12.5. The van der Waals surface area contributed by atoms with Crippen LogP contribution in [-0.4, -0.2) is 32.8 Å². The highest BCUT2D eigenvalue weighted by Gasteiger charge is 2.21. The van der Waals surface area contributed by atoms with Crippen LogP contribution in [0.4, 0.5) is 5.69 Å². The lowest BCUT2D eigenvalue weighted by Gasteiger charge is -2.25. The van der Waals surface area contributed by atoms with Crippen molar-refractivity contribution in [2.75, 3.05) is 37.7 Å². The number of hydrogen-bond acceptors (Lipinski definition) is 3. The Kier molecular flexibility index (Phi) is 4.46. The Morgan fingerprint density at radius 1 is 1.25 bits per heavy atom. The lowest BCUT2D eigenvalue weighted by atomic mass is 10.2. The van der Waals surface area contributed by atoms with E-state index in [1.165, 1.54) is 36.9 Å². The molecular formula is C17H26N2O. The summed E-state index contributed by atoms with van der Waals surface area (Å²) < 4.78 is 6.07. The lowest BCUT2D eigenvalue weighted by Crippen LogP contribution is -2.28. The standard InChI is InChI=1S/C17H26N2O/c1-14-3-6-17(20-12-7-15-4-5-15)16(13-14)19-10-2-8-18-9-11-19/h3,6,13,15,18H,2,4-5,7-12H2,1H3. The Balaban J connectivity index is 1.69. The molecule has 0 spiro atoms. The Labute approximate surface area is 122 Å². The molecule has 3 heteroatoms. The molecule has 2 aliphatic rings. The Bertz CT molecular complexity index is 435. The van der Waals surface area contributed by atoms with Crippen molar-refractivity contribution < 1.29 is 4.74 Å². The third kappa shape index (κ3) is 3.66. The van der Waals surface area contributed by atoms with E-state index < -0.39 is 0 Å². The molecule has 1 aromatic rings. The molecule has 1 saturated carbocycles. The molecule has 0 atom stereocenters. The molecule has 1 aliphatic heterocycles. The van der Waals surface area contributed by atoms with Crippen LogP contribution >= 0.6 is 0 Å². The van der Waals surface area contributed by atoms with Gasteiger partial charge in [-0.1, -0.05) is 18.9 Å². The molecule has 1 aliphatic carbocycles. The average molecular weight is 274 g/mol. The maximum Gasteiger partial charge on any atom is 0.142 e. The number of nitrogens with one attached hydrogen (secondary N) is 1. The van der Waals surface area contributed by atoms with Gasteiger partial charge in [-0.3, -0.25) is 0 Å². The monoisotopic (exact) mass is 274 g/mol. The van der Waals surface area contributed by atoms with Gasteiger partial charge in [0.1, 0.15) is 5.75 Å². The highest BCUT2D eigenvalue weighted by Crippen LogP contribution is 2.34. The summed E-state index contributed by atoms with van der Waals surface area (Å²) in [5.74, 6) is 2.00. The number of nitrogens with zero attached hydrogens (tertiary/aromatic N) is 1. The number of anilines is 1. The van der Waals surface area contributed by atoms with Crippen molar-refractivity contribution in [1.82, 2.24) is 5.32 Å². The van der Waals surface area contributed by atoms with Crippen LogP contribution in [0, 0.1) is 12.8 Å². The highest BCUT2D eigenvalue weighted by atomic mass is 16.5. The van der Waals surface area contributed by atoms with Crippen molar-refractivity contribution in [2.24, 2.45) is 5.92 Å². The predicted octanol–water partition coefficient (Wildman–Crippen LogP) is 2.97. The quantitative estimate of drug-likeness (QED) is 0.893. The van der Waals surface area contributed by atoms with E-state index in [0.717, 1.165) is 44.5 Å². The molecule has 0 bridgehead atoms. The Hall–Kier alpha value is -1.22. The van der Waals surface area contributed by atoms with Crippen molar-refractivity contribution >= 4 is 5.69 Å². The van der Waals surface area contributed by atoms with Gasteiger partial charge in [-0.15, -0.1) is 0 Å². The molecular weight excluding hydrogens is 248 g/mol. The van der Waals surface area contributed by atoms with Gasteiger partial charge in [-0.25, -0.2) is 0 Å². The number of hydrogen-bond donors (Lipinski definition) is 1. The zero-order valence-corrected chi connectivity index (χ0v) is 12.5. The Morgan fingerprint density at radius 2 is 2.15 bits per heavy atom. The zero-order chi connectivity index (χ0) is 13.8. The third-order valence-corrected chi connectivity index (χ3v) is 4.28. The fourth-order valence-corrected chi connectivity index (χ4v) is 2.83. The van der Waals surface area contributed by atoms with E-state index in [1.807, 2.05) is 0 Å². The molecule has 0 aromatic heterocycles. The van der Waals surface area contributed by atoms with Crippen LogP contribution in [0.15, 0.2) is 18.2 Å². The van der Waals surface area contributed by atoms with Crippen LogP contribution < -0.4 is 15.0 Å². The number of benzene rings is 1. The first kappa shape index (κ1) is 13.7. The minimum atomic E-state index is 0.868. The predicted molar refractivity (Wildman–Crippen MR) is 83.7 cm³/mol. The summed E-state index contributed by atoms with van der Waals surface area (Å²) in [6.07, 6.45) is 5.23. The maximum absolute atomic E-state index is 6.07. The maximum atomic E-state index is 6.07. The van der Waals surface area contributed by atoms with E-state index in [4.69, 9.17) is 4.74 Å². The second kappa shape index (κ2) is 6.49. The summed E-state index contributed by atoms with van der Waals surface area (Å²) in [5, 5.41) is 3.46. The summed E-state index contributed by atoms with van der Waals surface area (Å²) in [6.45, 7) is 7.41. The summed E-state index contributed by atoms with van der Waals surface area (Å²) in [7, 11) is 0. The summed E-state index contributed by atoms with van der Waals surface area (Å²) in [6, 6.07) is 6.58. The minimum Gasteiger partial charge on any atom is -0.491 e. The van der Waals surface area contributed by atoms with Crippen LogP contribution in [0.25, 0.3) is 0 Å². The molecule has 3 nitrogen and oxygen atoms in total. The van der Waals surface area contributed by atoms with Crippen LogP contribution in [0.5, 0.6) is 5.75 Å². The highest BCUT2D eigenvalue weighted by molar-refractivity contribution is 5.60.